The zero-order valence-corrected chi connectivity index (χ0v) is 27.1. The molecule has 46 heavy (non-hydrogen) atoms. The van der Waals surface area contributed by atoms with Crippen LogP contribution in [0.25, 0.3) is 5.57 Å². The molecule has 0 fully saturated rings. The summed E-state index contributed by atoms with van der Waals surface area (Å²) in [5.74, 6) is -0.283. The van der Waals surface area contributed by atoms with E-state index in [0.29, 0.717) is 48.7 Å². The van der Waals surface area contributed by atoms with Crippen molar-refractivity contribution in [3.8, 4) is 0 Å². The molecule has 0 atom stereocenters. The second-order valence-corrected chi connectivity index (χ2v) is 12.9. The number of hydrogen-bond acceptors (Lipinski definition) is 7. The summed E-state index contributed by atoms with van der Waals surface area (Å²) in [6, 6.07) is 17.0. The quantitative estimate of drug-likeness (QED) is 0.267. The van der Waals surface area contributed by atoms with E-state index in [1.165, 1.54) is 0 Å². The monoisotopic (exact) mass is 627 g/mol. The van der Waals surface area contributed by atoms with Crippen LogP contribution in [0.3, 0.4) is 0 Å². The van der Waals surface area contributed by atoms with Crippen molar-refractivity contribution < 1.29 is 28.7 Å². The molecule has 0 saturated carbocycles. The highest BCUT2D eigenvalue weighted by atomic mass is 16.6. The zero-order chi connectivity index (χ0) is 33.5. The minimum absolute atomic E-state index is 0.292. The predicted molar refractivity (Wildman–Crippen MR) is 177 cm³/mol. The maximum atomic E-state index is 12.8. The first-order valence-electron chi connectivity index (χ1n) is 15.1. The Balaban J connectivity index is 1.26. The fraction of sp³-hybridized carbons (Fsp3) is 0.343. The van der Waals surface area contributed by atoms with Gasteiger partial charge in [0.1, 0.15) is 17.0 Å². The third kappa shape index (κ3) is 10.2. The number of anilines is 2. The molecule has 2 aromatic carbocycles. The summed E-state index contributed by atoms with van der Waals surface area (Å²) in [7, 11) is 0. The Bertz CT molecular complexity index is 1580. The summed E-state index contributed by atoms with van der Waals surface area (Å²) in [5.41, 5.74) is 3.08. The normalized spacial score (nSPS) is 13.3. The molecule has 0 unspecified atom stereocenters. The van der Waals surface area contributed by atoms with Crippen LogP contribution >= 0.6 is 0 Å². The molecule has 4 rings (SSSR count). The maximum absolute atomic E-state index is 12.8. The Morgan fingerprint density at radius 2 is 1.39 bits per heavy atom. The van der Waals surface area contributed by atoms with Gasteiger partial charge >= 0.3 is 12.2 Å². The summed E-state index contributed by atoms with van der Waals surface area (Å²) in [6.07, 6.45) is 3.53. The Morgan fingerprint density at radius 3 is 1.91 bits per heavy atom. The van der Waals surface area contributed by atoms with Crippen LogP contribution in [0.2, 0.25) is 0 Å². The largest absolute Gasteiger partial charge is 0.444 e. The lowest BCUT2D eigenvalue weighted by atomic mass is 10.0. The van der Waals surface area contributed by atoms with Crippen LogP contribution in [0.1, 0.15) is 79.8 Å². The van der Waals surface area contributed by atoms with Gasteiger partial charge in [-0.25, -0.2) is 14.6 Å². The summed E-state index contributed by atoms with van der Waals surface area (Å²) >= 11 is 0. The SMILES string of the molecule is CC(C)(C)OC(=O)NCc1ccc(NC(=O)c2ccc(C(=O)Nc3ccc(C4=CCN(C(=O)OC(C)(C)C)CC4)cn3)cc2)cc1. The van der Waals surface area contributed by atoms with Gasteiger partial charge in [-0.15, -0.1) is 0 Å². The molecule has 4 amide bonds. The number of rotatable bonds is 7. The fourth-order valence-corrected chi connectivity index (χ4v) is 4.44. The number of aromatic nitrogens is 1. The second kappa shape index (κ2) is 14.3. The van der Waals surface area contributed by atoms with Crippen LogP contribution in [0.4, 0.5) is 21.1 Å². The van der Waals surface area contributed by atoms with Crippen molar-refractivity contribution >= 4 is 41.1 Å². The molecule has 11 nitrogen and oxygen atoms in total. The molecular formula is C35H41N5O6. The molecule has 3 N–H and O–H groups in total. The second-order valence-electron chi connectivity index (χ2n) is 12.9. The van der Waals surface area contributed by atoms with E-state index in [1.807, 2.05) is 32.9 Å². The molecule has 1 aliphatic rings. The lowest BCUT2D eigenvalue weighted by molar-refractivity contribution is 0.0270. The van der Waals surface area contributed by atoms with E-state index in [1.54, 1.807) is 86.5 Å². The first-order valence-corrected chi connectivity index (χ1v) is 15.1. The van der Waals surface area contributed by atoms with Gasteiger partial charge in [0, 0.05) is 42.6 Å². The van der Waals surface area contributed by atoms with E-state index >= 15 is 0 Å². The lowest BCUT2D eigenvalue weighted by Crippen LogP contribution is -2.39. The van der Waals surface area contributed by atoms with Crippen molar-refractivity contribution in [3.05, 3.63) is 95.2 Å². The molecular weight excluding hydrogens is 586 g/mol. The van der Waals surface area contributed by atoms with Crippen molar-refractivity contribution in [1.29, 1.82) is 0 Å². The van der Waals surface area contributed by atoms with Crippen molar-refractivity contribution in [2.75, 3.05) is 23.7 Å². The Kier molecular flexibility index (Phi) is 10.5. The minimum atomic E-state index is -0.575. The van der Waals surface area contributed by atoms with Gasteiger partial charge in [0.2, 0.25) is 0 Å². The van der Waals surface area contributed by atoms with Crippen molar-refractivity contribution in [3.63, 3.8) is 0 Å². The molecule has 0 aliphatic carbocycles. The van der Waals surface area contributed by atoms with Gasteiger partial charge in [-0.1, -0.05) is 18.2 Å². The number of hydrogen-bond donors (Lipinski definition) is 3. The predicted octanol–water partition coefficient (Wildman–Crippen LogP) is 6.64. The molecule has 1 aliphatic heterocycles. The highest BCUT2D eigenvalue weighted by Crippen LogP contribution is 2.24. The van der Waals surface area contributed by atoms with Gasteiger partial charge in [0.15, 0.2) is 0 Å². The van der Waals surface area contributed by atoms with Gasteiger partial charge in [-0.3, -0.25) is 9.59 Å². The molecule has 0 saturated heterocycles. The maximum Gasteiger partial charge on any atom is 0.410 e. The van der Waals surface area contributed by atoms with Crippen LogP contribution in [-0.2, 0) is 16.0 Å². The number of nitrogens with zero attached hydrogens (tertiary/aromatic N) is 2. The number of nitrogens with one attached hydrogen (secondary N) is 3. The third-order valence-electron chi connectivity index (χ3n) is 6.69. The molecule has 1 aromatic heterocycles. The molecule has 0 bridgehead atoms. The number of benzene rings is 2. The number of alkyl carbamates (subject to hydrolysis) is 1. The molecule has 2 heterocycles. The van der Waals surface area contributed by atoms with Crippen LogP contribution < -0.4 is 16.0 Å². The van der Waals surface area contributed by atoms with Crippen LogP contribution in [-0.4, -0.2) is 58.2 Å². The highest BCUT2D eigenvalue weighted by molar-refractivity contribution is 6.07. The average Bonchev–Trinajstić information content (AvgIpc) is 2.99. The fourth-order valence-electron chi connectivity index (χ4n) is 4.44. The highest BCUT2D eigenvalue weighted by Gasteiger charge is 2.24. The van der Waals surface area contributed by atoms with Crippen LogP contribution in [0, 0.1) is 0 Å². The Morgan fingerprint density at radius 1 is 0.783 bits per heavy atom. The number of amides is 4. The van der Waals surface area contributed by atoms with Crippen molar-refractivity contribution in [2.45, 2.75) is 65.7 Å². The van der Waals surface area contributed by atoms with Gasteiger partial charge < -0.3 is 30.3 Å². The van der Waals surface area contributed by atoms with Crippen LogP contribution in [0.5, 0.6) is 0 Å². The Labute approximate surface area is 269 Å². The molecule has 3 aromatic rings. The number of ether oxygens (including phenoxy) is 2. The smallest absolute Gasteiger partial charge is 0.410 e. The van der Waals surface area contributed by atoms with E-state index < -0.39 is 17.3 Å². The van der Waals surface area contributed by atoms with E-state index in [9.17, 15) is 19.2 Å². The third-order valence-corrected chi connectivity index (χ3v) is 6.69. The molecule has 0 radical (unpaired) electrons. The number of carbonyl (C=O) groups excluding carboxylic acids is 4. The van der Waals surface area contributed by atoms with Crippen molar-refractivity contribution in [1.82, 2.24) is 15.2 Å². The van der Waals surface area contributed by atoms with E-state index in [2.05, 4.69) is 20.9 Å². The van der Waals surface area contributed by atoms with Gasteiger partial charge in [0.05, 0.1) is 0 Å². The summed E-state index contributed by atoms with van der Waals surface area (Å²) in [5, 5.41) is 8.30. The Hall–Kier alpha value is -5.19. The lowest BCUT2D eigenvalue weighted by Gasteiger charge is -2.29. The van der Waals surface area contributed by atoms with Gasteiger partial charge in [0.25, 0.3) is 11.8 Å². The molecule has 242 valence electrons. The van der Waals surface area contributed by atoms with Crippen LogP contribution in [0.15, 0.2) is 72.9 Å². The first kappa shape index (κ1) is 33.7. The summed E-state index contributed by atoms with van der Waals surface area (Å²) in [6.45, 7) is 12.2. The minimum Gasteiger partial charge on any atom is -0.444 e. The molecule has 11 heteroatoms. The number of carbonyl (C=O) groups is 4. The summed E-state index contributed by atoms with van der Waals surface area (Å²) < 4.78 is 10.7. The van der Waals surface area contributed by atoms with Crippen molar-refractivity contribution in [2.24, 2.45) is 0 Å². The van der Waals surface area contributed by atoms with Gasteiger partial charge in [-0.2, -0.15) is 0 Å². The average molecular weight is 628 g/mol. The van der Waals surface area contributed by atoms with E-state index in [0.717, 1.165) is 16.7 Å². The zero-order valence-electron chi connectivity index (χ0n) is 27.1. The van der Waals surface area contributed by atoms with Gasteiger partial charge in [-0.05, 0) is 113 Å². The summed E-state index contributed by atoms with van der Waals surface area (Å²) in [4.78, 5) is 55.8. The van der Waals surface area contributed by atoms with E-state index in [4.69, 9.17) is 9.47 Å². The number of pyridine rings is 1. The van der Waals surface area contributed by atoms with E-state index in [-0.39, 0.29) is 17.9 Å². The standard InChI is InChI=1S/C35H41N5O6/c1-34(2,3)45-32(43)37-21-23-7-14-28(15-8-23)38-30(41)25-9-11-26(12-10-25)31(42)39-29-16-13-27(22-36-29)24-17-19-40(20-18-24)33(44)46-35(4,5)6/h7-17,22H,18-21H2,1-6H3,(H,37,43)(H,38,41)(H,36,39,42). The topological polar surface area (TPSA) is 139 Å². The first-order chi connectivity index (χ1) is 21.6. The molecule has 0 spiro atoms.